The van der Waals surface area contributed by atoms with Crippen LogP contribution >= 0.6 is 11.3 Å². The third-order valence-corrected chi connectivity index (χ3v) is 6.10. The summed E-state index contributed by atoms with van der Waals surface area (Å²) >= 11 is 1.35. The summed E-state index contributed by atoms with van der Waals surface area (Å²) in [6.45, 7) is 1.94. The molecule has 0 bridgehead atoms. The maximum atomic E-state index is 12.9. The molecule has 9 heteroatoms. The third-order valence-electron chi connectivity index (χ3n) is 5.21. The van der Waals surface area contributed by atoms with E-state index in [-0.39, 0.29) is 12.2 Å². The minimum Gasteiger partial charge on any atom is -0.454 e. The maximum Gasteiger partial charge on any atom is 0.340 e. The van der Waals surface area contributed by atoms with Crippen LogP contribution in [0.2, 0.25) is 0 Å². The van der Waals surface area contributed by atoms with Gasteiger partial charge in [-0.1, -0.05) is 29.8 Å². The standard InChI is InChI=1S/C23H19N5O3S/c1-14-7-9-15(10-8-14)24-17-6-4-3-5-16(17)22(30)31-13-19-25-26-23-27(2)21(29)20-18(28(19)23)11-12-32-20/h3-12,24H,13H2,1-2H3. The number of nitrogens with zero attached hydrogens (tertiary/aromatic N) is 4. The number of para-hydroxylation sites is 1. The zero-order chi connectivity index (χ0) is 22.2. The molecule has 1 N–H and O–H groups in total. The number of carbonyl (C=O) groups is 1. The molecule has 5 rings (SSSR count). The summed E-state index contributed by atoms with van der Waals surface area (Å²) in [4.78, 5) is 25.4. The van der Waals surface area contributed by atoms with Gasteiger partial charge in [0.1, 0.15) is 4.70 Å². The zero-order valence-corrected chi connectivity index (χ0v) is 18.2. The predicted molar refractivity (Wildman–Crippen MR) is 124 cm³/mol. The molecule has 0 spiro atoms. The Morgan fingerprint density at radius 2 is 1.88 bits per heavy atom. The van der Waals surface area contributed by atoms with Crippen LogP contribution in [-0.4, -0.2) is 25.1 Å². The molecule has 0 radical (unpaired) electrons. The van der Waals surface area contributed by atoms with E-state index in [0.29, 0.717) is 33.1 Å². The number of anilines is 2. The number of aromatic nitrogens is 4. The lowest BCUT2D eigenvalue weighted by molar-refractivity contribution is 0.0462. The molecule has 0 aliphatic heterocycles. The van der Waals surface area contributed by atoms with Crippen LogP contribution in [0, 0.1) is 6.92 Å². The van der Waals surface area contributed by atoms with Crippen molar-refractivity contribution < 1.29 is 9.53 Å². The Morgan fingerprint density at radius 3 is 2.69 bits per heavy atom. The average Bonchev–Trinajstić information content (AvgIpc) is 3.45. The van der Waals surface area contributed by atoms with E-state index in [4.69, 9.17) is 4.74 Å². The Morgan fingerprint density at radius 1 is 1.09 bits per heavy atom. The molecular weight excluding hydrogens is 426 g/mol. The molecule has 5 aromatic rings. The van der Waals surface area contributed by atoms with Crippen LogP contribution in [0.5, 0.6) is 0 Å². The number of benzene rings is 2. The smallest absolute Gasteiger partial charge is 0.340 e. The number of fused-ring (bicyclic) bond motifs is 3. The Hall–Kier alpha value is -3.98. The van der Waals surface area contributed by atoms with Gasteiger partial charge in [-0.25, -0.2) is 4.79 Å². The van der Waals surface area contributed by atoms with Crippen molar-refractivity contribution in [1.29, 1.82) is 0 Å². The maximum absolute atomic E-state index is 12.9. The molecule has 0 unspecified atom stereocenters. The molecular formula is C23H19N5O3S. The van der Waals surface area contributed by atoms with Gasteiger partial charge in [-0.2, -0.15) is 0 Å². The van der Waals surface area contributed by atoms with Gasteiger partial charge in [-0.3, -0.25) is 13.8 Å². The van der Waals surface area contributed by atoms with Crippen LogP contribution in [0.1, 0.15) is 21.7 Å². The van der Waals surface area contributed by atoms with E-state index in [1.165, 1.54) is 15.9 Å². The molecule has 0 saturated heterocycles. The Bertz CT molecular complexity index is 1510. The van der Waals surface area contributed by atoms with Gasteiger partial charge in [0.2, 0.25) is 5.78 Å². The molecule has 8 nitrogen and oxygen atoms in total. The van der Waals surface area contributed by atoms with Gasteiger partial charge >= 0.3 is 5.97 Å². The first kappa shape index (κ1) is 20.0. The number of hydrogen-bond donors (Lipinski definition) is 1. The number of hydrogen-bond acceptors (Lipinski definition) is 7. The summed E-state index contributed by atoms with van der Waals surface area (Å²) in [5, 5.41) is 13.4. The summed E-state index contributed by atoms with van der Waals surface area (Å²) in [5.74, 6) is 0.355. The molecule has 0 saturated carbocycles. The molecule has 160 valence electrons. The van der Waals surface area contributed by atoms with Gasteiger partial charge < -0.3 is 10.1 Å². The highest BCUT2D eigenvalue weighted by atomic mass is 32.1. The van der Waals surface area contributed by atoms with E-state index in [1.54, 1.807) is 23.6 Å². The van der Waals surface area contributed by atoms with Crippen molar-refractivity contribution in [2.75, 3.05) is 5.32 Å². The van der Waals surface area contributed by atoms with E-state index >= 15 is 0 Å². The van der Waals surface area contributed by atoms with E-state index in [2.05, 4.69) is 15.5 Å². The van der Waals surface area contributed by atoms with Gasteiger partial charge in [-0.15, -0.1) is 21.5 Å². The topological polar surface area (TPSA) is 90.5 Å². The molecule has 0 atom stereocenters. The van der Waals surface area contributed by atoms with E-state index < -0.39 is 5.97 Å². The largest absolute Gasteiger partial charge is 0.454 e. The van der Waals surface area contributed by atoms with Crippen molar-refractivity contribution in [3.63, 3.8) is 0 Å². The molecule has 32 heavy (non-hydrogen) atoms. The van der Waals surface area contributed by atoms with Crippen molar-refractivity contribution in [3.8, 4) is 0 Å². The summed E-state index contributed by atoms with van der Waals surface area (Å²) in [7, 11) is 1.65. The summed E-state index contributed by atoms with van der Waals surface area (Å²) in [5.41, 5.74) is 3.66. The van der Waals surface area contributed by atoms with Gasteiger partial charge in [0.25, 0.3) is 5.56 Å². The van der Waals surface area contributed by atoms with Crippen LogP contribution < -0.4 is 10.9 Å². The fourth-order valence-corrected chi connectivity index (χ4v) is 4.37. The molecule has 0 fully saturated rings. The van der Waals surface area contributed by atoms with Crippen LogP contribution in [0.4, 0.5) is 11.4 Å². The minimum absolute atomic E-state index is 0.0813. The van der Waals surface area contributed by atoms with Crippen molar-refractivity contribution >= 4 is 44.7 Å². The number of aryl methyl sites for hydroxylation is 2. The molecule has 0 amide bonds. The fourth-order valence-electron chi connectivity index (χ4n) is 3.52. The number of esters is 1. The second-order valence-corrected chi connectivity index (χ2v) is 8.28. The predicted octanol–water partition coefficient (Wildman–Crippen LogP) is 4.05. The van der Waals surface area contributed by atoms with Crippen LogP contribution in [0.3, 0.4) is 0 Å². The van der Waals surface area contributed by atoms with Gasteiger partial charge in [0.15, 0.2) is 12.4 Å². The monoisotopic (exact) mass is 445 g/mol. The van der Waals surface area contributed by atoms with Gasteiger partial charge in [0, 0.05) is 12.7 Å². The Kier molecular flexibility index (Phi) is 4.95. The van der Waals surface area contributed by atoms with Crippen LogP contribution in [-0.2, 0) is 18.4 Å². The quantitative estimate of drug-likeness (QED) is 0.411. The zero-order valence-electron chi connectivity index (χ0n) is 17.4. The molecule has 0 aliphatic rings. The second kappa shape index (κ2) is 7.93. The normalized spacial score (nSPS) is 11.2. The molecule has 2 aromatic carbocycles. The number of nitrogens with one attached hydrogen (secondary N) is 1. The lowest BCUT2D eigenvalue weighted by Gasteiger charge is -2.12. The lowest BCUT2D eigenvalue weighted by atomic mass is 10.1. The summed E-state index contributed by atoms with van der Waals surface area (Å²) < 4.78 is 9.37. The van der Waals surface area contributed by atoms with Crippen molar-refractivity contribution in [2.45, 2.75) is 13.5 Å². The van der Waals surface area contributed by atoms with Crippen molar-refractivity contribution in [3.05, 3.63) is 87.3 Å². The van der Waals surface area contributed by atoms with Gasteiger partial charge in [-0.05, 0) is 42.6 Å². The number of thiophene rings is 1. The average molecular weight is 446 g/mol. The molecule has 0 aliphatic carbocycles. The van der Waals surface area contributed by atoms with Crippen molar-refractivity contribution in [2.24, 2.45) is 7.05 Å². The Labute approximate surface area is 186 Å². The first-order valence-corrected chi connectivity index (χ1v) is 10.8. The lowest BCUT2D eigenvalue weighted by Crippen LogP contribution is -2.19. The highest BCUT2D eigenvalue weighted by Crippen LogP contribution is 2.23. The van der Waals surface area contributed by atoms with E-state index in [9.17, 15) is 9.59 Å². The summed E-state index contributed by atoms with van der Waals surface area (Å²) in [6.07, 6.45) is 0. The minimum atomic E-state index is -0.483. The van der Waals surface area contributed by atoms with E-state index in [0.717, 1.165) is 11.3 Å². The molecule has 3 aromatic heterocycles. The summed E-state index contributed by atoms with van der Waals surface area (Å²) in [6, 6.07) is 16.9. The third kappa shape index (κ3) is 3.42. The highest BCUT2D eigenvalue weighted by molar-refractivity contribution is 7.17. The molecule has 3 heterocycles. The van der Waals surface area contributed by atoms with Crippen molar-refractivity contribution in [1.82, 2.24) is 19.2 Å². The second-order valence-electron chi connectivity index (χ2n) is 7.36. The Balaban J connectivity index is 1.42. The number of ether oxygens (including phenoxy) is 1. The first-order chi connectivity index (χ1) is 15.5. The number of carbonyl (C=O) groups excluding carboxylic acids is 1. The first-order valence-electron chi connectivity index (χ1n) is 9.93. The number of rotatable bonds is 5. The van der Waals surface area contributed by atoms with Crippen LogP contribution in [0.15, 0.2) is 64.8 Å². The van der Waals surface area contributed by atoms with Gasteiger partial charge in [0.05, 0.1) is 16.8 Å². The van der Waals surface area contributed by atoms with Crippen LogP contribution in [0.25, 0.3) is 16.0 Å². The SMILES string of the molecule is Cc1ccc(Nc2ccccc2C(=O)OCc2nnc3n(C)c(=O)c4sccc4n23)cc1. The fraction of sp³-hybridized carbons (Fsp3) is 0.130. The van der Waals surface area contributed by atoms with E-state index in [1.807, 2.05) is 54.8 Å². The highest BCUT2D eigenvalue weighted by Gasteiger charge is 2.18.